The maximum Gasteiger partial charge on any atom is 0.306 e. The SMILES string of the molecule is CC/C=C\C/C=C\C/C=C\C/C=C\C/C=C\C/C=C\C/C=C\CCCCCCCCCC(=O)OCC(COC(=O)CCCCCCC)OC(=O)CCCCCCCC/C=C\C/C=C\C/C=C\CCCCC. The lowest BCUT2D eigenvalue weighted by Crippen LogP contribution is -2.30. The van der Waals surface area contributed by atoms with E-state index in [1.807, 2.05) is 0 Å². The zero-order valence-corrected chi connectivity index (χ0v) is 45.9. The topological polar surface area (TPSA) is 78.9 Å². The minimum atomic E-state index is -0.789. The Labute approximate surface area is 437 Å². The van der Waals surface area contributed by atoms with E-state index in [2.05, 4.69) is 142 Å². The van der Waals surface area contributed by atoms with Crippen LogP contribution in [0, 0.1) is 0 Å². The first-order valence-corrected chi connectivity index (χ1v) is 29.0. The number of hydrogen-bond donors (Lipinski definition) is 0. The Balaban J connectivity index is 4.16. The fourth-order valence-corrected chi connectivity index (χ4v) is 7.60. The van der Waals surface area contributed by atoms with Gasteiger partial charge in [-0.3, -0.25) is 14.4 Å². The summed E-state index contributed by atoms with van der Waals surface area (Å²) in [6.45, 7) is 6.39. The smallest absolute Gasteiger partial charge is 0.306 e. The fraction of sp³-hybridized carbons (Fsp3) is 0.646. The zero-order chi connectivity index (χ0) is 51.4. The van der Waals surface area contributed by atoms with Crippen molar-refractivity contribution < 1.29 is 28.6 Å². The highest BCUT2D eigenvalue weighted by Crippen LogP contribution is 2.14. The van der Waals surface area contributed by atoms with E-state index in [-0.39, 0.29) is 31.1 Å². The molecule has 0 fully saturated rings. The van der Waals surface area contributed by atoms with Crippen molar-refractivity contribution in [1.29, 1.82) is 0 Å². The van der Waals surface area contributed by atoms with Crippen LogP contribution in [0.3, 0.4) is 0 Å². The molecule has 0 aromatic rings. The van der Waals surface area contributed by atoms with Gasteiger partial charge in [-0.05, 0) is 116 Å². The first-order valence-electron chi connectivity index (χ1n) is 29.0. The molecule has 0 N–H and O–H groups in total. The van der Waals surface area contributed by atoms with Crippen molar-refractivity contribution in [2.75, 3.05) is 13.2 Å². The van der Waals surface area contributed by atoms with Gasteiger partial charge in [-0.15, -0.1) is 0 Å². The summed E-state index contributed by atoms with van der Waals surface area (Å²) in [5, 5.41) is 0. The van der Waals surface area contributed by atoms with Crippen LogP contribution in [-0.4, -0.2) is 37.2 Å². The van der Waals surface area contributed by atoms with Crippen molar-refractivity contribution in [2.24, 2.45) is 0 Å². The lowest BCUT2D eigenvalue weighted by atomic mass is 10.1. The maximum absolute atomic E-state index is 12.8. The third-order valence-electron chi connectivity index (χ3n) is 12.0. The van der Waals surface area contributed by atoms with Gasteiger partial charge in [0.25, 0.3) is 0 Å². The van der Waals surface area contributed by atoms with Crippen LogP contribution in [0.5, 0.6) is 0 Å². The number of esters is 3. The second-order valence-corrected chi connectivity index (χ2v) is 18.8. The van der Waals surface area contributed by atoms with E-state index in [1.54, 1.807) is 0 Å². The van der Waals surface area contributed by atoms with Gasteiger partial charge in [0.05, 0.1) is 0 Å². The second kappa shape index (κ2) is 58.4. The number of rotatable bonds is 51. The predicted octanol–water partition coefficient (Wildman–Crippen LogP) is 19.6. The molecule has 0 aliphatic carbocycles. The molecule has 0 bridgehead atoms. The van der Waals surface area contributed by atoms with E-state index in [0.29, 0.717) is 19.3 Å². The molecular formula is C65H106O6. The largest absolute Gasteiger partial charge is 0.462 e. The Bertz CT molecular complexity index is 1500. The third-order valence-corrected chi connectivity index (χ3v) is 12.0. The Kier molecular flexibility index (Phi) is 54.9. The van der Waals surface area contributed by atoms with E-state index < -0.39 is 6.10 Å². The Morgan fingerprint density at radius 3 is 0.887 bits per heavy atom. The fourth-order valence-electron chi connectivity index (χ4n) is 7.60. The standard InChI is InChI=1S/C65H106O6/c1-4-7-10-13-15-17-19-21-23-25-27-28-29-30-31-32-33-34-35-36-38-39-41-43-45-47-49-52-55-58-64(67)70-61-62(60-69-63(66)57-54-51-12-9-6-3)71-65(68)59-56-53-50-48-46-44-42-40-37-26-24-22-20-18-16-14-11-8-5-2/h7,10,15-18,21-24,27-28,30-31,33-34,36-38,40,62H,4-6,8-9,11-14,19-20,25-26,29,32,35,39,41-61H2,1-3H3/b10-7-,17-15-,18-16-,23-21-,24-22-,28-27-,31-30-,34-33-,38-36-,40-37-. The number of carbonyl (C=O) groups is 3. The number of ether oxygens (including phenoxy) is 3. The molecule has 0 saturated carbocycles. The van der Waals surface area contributed by atoms with Crippen molar-refractivity contribution in [3.05, 3.63) is 122 Å². The average Bonchev–Trinajstić information content (AvgIpc) is 3.37. The van der Waals surface area contributed by atoms with Gasteiger partial charge in [0.2, 0.25) is 0 Å². The number of allylic oxidation sites excluding steroid dienone is 20. The van der Waals surface area contributed by atoms with Gasteiger partial charge in [0.15, 0.2) is 6.10 Å². The highest BCUT2D eigenvalue weighted by Gasteiger charge is 2.19. The second-order valence-electron chi connectivity index (χ2n) is 18.8. The quantitative estimate of drug-likeness (QED) is 0.0261. The normalized spacial score (nSPS) is 13.0. The van der Waals surface area contributed by atoms with Crippen LogP contribution in [0.25, 0.3) is 0 Å². The zero-order valence-electron chi connectivity index (χ0n) is 45.9. The molecular weight excluding hydrogens is 877 g/mol. The molecule has 1 atom stereocenters. The summed E-state index contributed by atoms with van der Waals surface area (Å²) in [6.07, 6.45) is 80.9. The van der Waals surface area contributed by atoms with Crippen LogP contribution in [0.15, 0.2) is 122 Å². The lowest BCUT2D eigenvalue weighted by Gasteiger charge is -2.18. The van der Waals surface area contributed by atoms with Crippen LogP contribution >= 0.6 is 0 Å². The van der Waals surface area contributed by atoms with Crippen LogP contribution in [-0.2, 0) is 28.6 Å². The Morgan fingerprint density at radius 1 is 0.296 bits per heavy atom. The Morgan fingerprint density at radius 2 is 0.549 bits per heavy atom. The highest BCUT2D eigenvalue weighted by atomic mass is 16.6. The summed E-state index contributed by atoms with van der Waals surface area (Å²) >= 11 is 0. The van der Waals surface area contributed by atoms with E-state index >= 15 is 0 Å². The van der Waals surface area contributed by atoms with Crippen molar-refractivity contribution in [3.63, 3.8) is 0 Å². The van der Waals surface area contributed by atoms with Gasteiger partial charge in [0, 0.05) is 19.3 Å². The van der Waals surface area contributed by atoms with Gasteiger partial charge in [-0.2, -0.15) is 0 Å². The lowest BCUT2D eigenvalue weighted by molar-refractivity contribution is -0.167. The molecule has 0 aromatic heterocycles. The van der Waals surface area contributed by atoms with Gasteiger partial charge >= 0.3 is 17.9 Å². The van der Waals surface area contributed by atoms with Crippen molar-refractivity contribution >= 4 is 17.9 Å². The first kappa shape index (κ1) is 66.8. The molecule has 6 heteroatoms. The molecule has 402 valence electrons. The summed E-state index contributed by atoms with van der Waals surface area (Å²) in [4.78, 5) is 37.8. The van der Waals surface area contributed by atoms with Gasteiger partial charge in [-0.1, -0.05) is 239 Å². The molecule has 0 aliphatic rings. The molecule has 0 rings (SSSR count). The molecule has 0 radical (unpaired) electrons. The predicted molar refractivity (Wildman–Crippen MR) is 306 cm³/mol. The number of carbonyl (C=O) groups excluding carboxylic acids is 3. The maximum atomic E-state index is 12.8. The number of unbranched alkanes of at least 4 members (excludes halogenated alkanes) is 20. The summed E-state index contributed by atoms with van der Waals surface area (Å²) in [5.41, 5.74) is 0. The molecule has 0 saturated heterocycles. The molecule has 0 spiro atoms. The number of hydrogen-bond acceptors (Lipinski definition) is 6. The van der Waals surface area contributed by atoms with Crippen molar-refractivity contribution in [1.82, 2.24) is 0 Å². The Hall–Kier alpha value is -4.19. The van der Waals surface area contributed by atoms with Crippen molar-refractivity contribution in [2.45, 2.75) is 258 Å². The minimum Gasteiger partial charge on any atom is -0.462 e. The van der Waals surface area contributed by atoms with Crippen LogP contribution in [0.1, 0.15) is 252 Å². The molecule has 0 aliphatic heterocycles. The average molecular weight is 984 g/mol. The van der Waals surface area contributed by atoms with Gasteiger partial charge in [0.1, 0.15) is 13.2 Å². The molecule has 1 unspecified atom stereocenters. The van der Waals surface area contributed by atoms with Gasteiger partial charge in [-0.25, -0.2) is 0 Å². The van der Waals surface area contributed by atoms with E-state index in [4.69, 9.17) is 14.2 Å². The molecule has 0 aromatic carbocycles. The minimum absolute atomic E-state index is 0.0899. The van der Waals surface area contributed by atoms with Gasteiger partial charge < -0.3 is 14.2 Å². The summed E-state index contributed by atoms with van der Waals surface area (Å²) < 4.78 is 16.7. The molecule has 0 amide bonds. The summed E-state index contributed by atoms with van der Waals surface area (Å²) in [7, 11) is 0. The van der Waals surface area contributed by atoms with Crippen molar-refractivity contribution in [3.8, 4) is 0 Å². The van der Waals surface area contributed by atoms with Crippen LogP contribution in [0.2, 0.25) is 0 Å². The van der Waals surface area contributed by atoms with Crippen LogP contribution < -0.4 is 0 Å². The van der Waals surface area contributed by atoms with E-state index in [0.717, 1.165) is 148 Å². The molecule has 71 heavy (non-hydrogen) atoms. The monoisotopic (exact) mass is 983 g/mol. The van der Waals surface area contributed by atoms with E-state index in [9.17, 15) is 14.4 Å². The molecule has 6 nitrogen and oxygen atoms in total. The third kappa shape index (κ3) is 56.6. The van der Waals surface area contributed by atoms with Crippen LogP contribution in [0.4, 0.5) is 0 Å². The van der Waals surface area contributed by atoms with E-state index in [1.165, 1.54) is 64.2 Å². The summed E-state index contributed by atoms with van der Waals surface area (Å²) in [6, 6.07) is 0. The molecule has 0 heterocycles. The highest BCUT2D eigenvalue weighted by molar-refractivity contribution is 5.71. The summed E-state index contributed by atoms with van der Waals surface area (Å²) in [5.74, 6) is -0.931. The first-order chi connectivity index (χ1) is 35.0.